The van der Waals surface area contributed by atoms with E-state index in [9.17, 15) is 5.11 Å². The van der Waals surface area contributed by atoms with E-state index in [4.69, 9.17) is 0 Å². The van der Waals surface area contributed by atoms with Crippen LogP contribution in [-0.2, 0) is 6.42 Å². The molecule has 0 fully saturated rings. The van der Waals surface area contributed by atoms with E-state index in [2.05, 4.69) is 6.07 Å². The molecule has 1 aromatic heterocycles. The van der Waals surface area contributed by atoms with Gasteiger partial charge in [0, 0.05) is 11.3 Å². The Kier molecular flexibility index (Phi) is 2.96. The predicted molar refractivity (Wildman–Crippen MR) is 59.4 cm³/mol. The van der Waals surface area contributed by atoms with Crippen LogP contribution in [0.4, 0.5) is 0 Å². The molecule has 0 aliphatic rings. The van der Waals surface area contributed by atoms with Crippen molar-refractivity contribution in [2.45, 2.75) is 12.5 Å². The normalized spacial score (nSPS) is 12.6. The molecule has 0 spiro atoms. The van der Waals surface area contributed by atoms with Crippen LogP contribution in [0.3, 0.4) is 0 Å². The molecule has 0 aliphatic carbocycles. The molecule has 0 amide bonds. The first-order chi connectivity index (χ1) is 6.86. The van der Waals surface area contributed by atoms with Crippen molar-refractivity contribution in [1.82, 2.24) is 0 Å². The van der Waals surface area contributed by atoms with Gasteiger partial charge >= 0.3 is 0 Å². The monoisotopic (exact) mass is 204 g/mol. The minimum absolute atomic E-state index is 0.380. The van der Waals surface area contributed by atoms with E-state index < -0.39 is 0 Å². The molecular weight excluding hydrogens is 192 g/mol. The second-order valence-electron chi connectivity index (χ2n) is 3.21. The molecule has 1 atom stereocenters. The summed E-state index contributed by atoms with van der Waals surface area (Å²) in [5, 5.41) is 11.9. The van der Waals surface area contributed by atoms with Crippen LogP contribution < -0.4 is 0 Å². The molecule has 0 saturated heterocycles. The van der Waals surface area contributed by atoms with Gasteiger partial charge in [-0.25, -0.2) is 0 Å². The Labute approximate surface area is 87.7 Å². The zero-order valence-electron chi connectivity index (χ0n) is 7.76. The van der Waals surface area contributed by atoms with Crippen LogP contribution in [0.25, 0.3) is 0 Å². The molecule has 14 heavy (non-hydrogen) atoms. The number of hydrogen-bond donors (Lipinski definition) is 1. The van der Waals surface area contributed by atoms with Gasteiger partial charge in [0.25, 0.3) is 0 Å². The fourth-order valence-corrected chi connectivity index (χ4v) is 2.16. The van der Waals surface area contributed by atoms with Gasteiger partial charge in [-0.05, 0) is 17.0 Å². The molecule has 0 unspecified atom stereocenters. The maximum Gasteiger partial charge on any atom is 0.0838 e. The van der Waals surface area contributed by atoms with Gasteiger partial charge in [-0.15, -0.1) is 11.3 Å². The van der Waals surface area contributed by atoms with Crippen molar-refractivity contribution in [3.8, 4) is 0 Å². The SMILES string of the molecule is O[C@@H](Cc1cccs1)c1ccccc1. The number of rotatable bonds is 3. The highest BCUT2D eigenvalue weighted by Gasteiger charge is 2.07. The van der Waals surface area contributed by atoms with Gasteiger partial charge in [-0.1, -0.05) is 36.4 Å². The summed E-state index contributed by atoms with van der Waals surface area (Å²) in [6, 6.07) is 13.8. The summed E-state index contributed by atoms with van der Waals surface area (Å²) in [6.07, 6.45) is 0.330. The molecule has 2 aromatic rings. The predicted octanol–water partition coefficient (Wildman–Crippen LogP) is 3.02. The quantitative estimate of drug-likeness (QED) is 0.814. The Morgan fingerprint density at radius 1 is 1.07 bits per heavy atom. The van der Waals surface area contributed by atoms with Crippen molar-refractivity contribution in [3.63, 3.8) is 0 Å². The average Bonchev–Trinajstić information content (AvgIpc) is 2.72. The van der Waals surface area contributed by atoms with E-state index in [1.54, 1.807) is 11.3 Å². The van der Waals surface area contributed by atoms with Crippen molar-refractivity contribution >= 4 is 11.3 Å². The van der Waals surface area contributed by atoms with Crippen LogP contribution in [0.15, 0.2) is 47.8 Å². The van der Waals surface area contributed by atoms with Crippen molar-refractivity contribution in [2.24, 2.45) is 0 Å². The highest BCUT2D eigenvalue weighted by molar-refractivity contribution is 7.09. The third-order valence-corrected chi connectivity index (χ3v) is 3.06. The first-order valence-electron chi connectivity index (χ1n) is 4.61. The summed E-state index contributed by atoms with van der Waals surface area (Å²) >= 11 is 1.69. The topological polar surface area (TPSA) is 20.2 Å². The van der Waals surface area contributed by atoms with Gasteiger partial charge in [-0.3, -0.25) is 0 Å². The molecule has 1 N–H and O–H groups in total. The lowest BCUT2D eigenvalue weighted by Gasteiger charge is -2.08. The Balaban J connectivity index is 2.07. The van der Waals surface area contributed by atoms with Gasteiger partial charge in [0.15, 0.2) is 0 Å². The lowest BCUT2D eigenvalue weighted by Crippen LogP contribution is -1.99. The third-order valence-electron chi connectivity index (χ3n) is 2.16. The number of aliphatic hydroxyl groups is 1. The number of hydrogen-bond acceptors (Lipinski definition) is 2. The highest BCUT2D eigenvalue weighted by Crippen LogP contribution is 2.20. The summed E-state index contributed by atoms with van der Waals surface area (Å²) in [5.41, 5.74) is 0.987. The van der Waals surface area contributed by atoms with Gasteiger partial charge < -0.3 is 5.11 Å². The van der Waals surface area contributed by atoms with Crippen LogP contribution in [0.1, 0.15) is 16.5 Å². The molecular formula is C12H12OS. The number of thiophene rings is 1. The van der Waals surface area contributed by atoms with Crippen LogP contribution in [-0.4, -0.2) is 5.11 Å². The van der Waals surface area contributed by atoms with Crippen molar-refractivity contribution in [2.75, 3.05) is 0 Å². The fraction of sp³-hybridized carbons (Fsp3) is 0.167. The summed E-state index contributed by atoms with van der Waals surface area (Å²) in [7, 11) is 0. The fourth-order valence-electron chi connectivity index (χ4n) is 1.41. The van der Waals surface area contributed by atoms with Crippen LogP contribution in [0.2, 0.25) is 0 Å². The van der Waals surface area contributed by atoms with Gasteiger partial charge in [0.1, 0.15) is 0 Å². The van der Waals surface area contributed by atoms with Gasteiger partial charge in [-0.2, -0.15) is 0 Å². The summed E-state index contributed by atoms with van der Waals surface area (Å²) in [6.45, 7) is 0. The second-order valence-corrected chi connectivity index (χ2v) is 4.24. The molecule has 1 nitrogen and oxygen atoms in total. The Bertz CT molecular complexity index is 366. The molecule has 2 rings (SSSR count). The van der Waals surface area contributed by atoms with Gasteiger partial charge in [0.2, 0.25) is 0 Å². The lowest BCUT2D eigenvalue weighted by molar-refractivity contribution is 0.179. The van der Waals surface area contributed by atoms with E-state index >= 15 is 0 Å². The minimum atomic E-state index is -0.380. The Morgan fingerprint density at radius 2 is 1.86 bits per heavy atom. The van der Waals surface area contributed by atoms with Crippen LogP contribution >= 0.6 is 11.3 Å². The molecule has 2 heteroatoms. The van der Waals surface area contributed by atoms with Gasteiger partial charge in [0.05, 0.1) is 6.10 Å². The second kappa shape index (κ2) is 4.40. The molecule has 1 heterocycles. The maximum absolute atomic E-state index is 9.90. The van der Waals surface area contributed by atoms with E-state index in [-0.39, 0.29) is 6.10 Å². The lowest BCUT2D eigenvalue weighted by atomic mass is 10.1. The standard InChI is InChI=1S/C12H12OS/c13-12(9-11-7-4-8-14-11)10-5-2-1-3-6-10/h1-8,12-13H,9H2/t12-/m0/s1. The van der Waals surface area contributed by atoms with Crippen LogP contribution in [0.5, 0.6) is 0 Å². The Hall–Kier alpha value is -1.12. The largest absolute Gasteiger partial charge is 0.388 e. The summed E-state index contributed by atoms with van der Waals surface area (Å²) in [4.78, 5) is 1.22. The average molecular weight is 204 g/mol. The maximum atomic E-state index is 9.90. The van der Waals surface area contributed by atoms with E-state index in [0.717, 1.165) is 5.56 Å². The summed E-state index contributed by atoms with van der Waals surface area (Å²) in [5.74, 6) is 0. The highest BCUT2D eigenvalue weighted by atomic mass is 32.1. The van der Waals surface area contributed by atoms with E-state index in [0.29, 0.717) is 6.42 Å². The molecule has 1 aromatic carbocycles. The first-order valence-corrected chi connectivity index (χ1v) is 5.49. The molecule has 0 aliphatic heterocycles. The molecule has 0 bridgehead atoms. The zero-order valence-corrected chi connectivity index (χ0v) is 8.58. The zero-order chi connectivity index (χ0) is 9.80. The first kappa shape index (κ1) is 9.44. The number of benzene rings is 1. The molecule has 0 saturated carbocycles. The molecule has 0 radical (unpaired) electrons. The van der Waals surface area contributed by atoms with Crippen molar-refractivity contribution < 1.29 is 5.11 Å². The van der Waals surface area contributed by atoms with Crippen molar-refractivity contribution in [1.29, 1.82) is 0 Å². The third kappa shape index (κ3) is 2.22. The van der Waals surface area contributed by atoms with E-state index in [1.165, 1.54) is 4.88 Å². The molecule has 72 valence electrons. The van der Waals surface area contributed by atoms with Crippen molar-refractivity contribution in [3.05, 3.63) is 58.3 Å². The number of aliphatic hydroxyl groups excluding tert-OH is 1. The smallest absolute Gasteiger partial charge is 0.0838 e. The van der Waals surface area contributed by atoms with E-state index in [1.807, 2.05) is 41.8 Å². The minimum Gasteiger partial charge on any atom is -0.388 e. The van der Waals surface area contributed by atoms with Crippen LogP contribution in [0, 0.1) is 0 Å². The summed E-state index contributed by atoms with van der Waals surface area (Å²) < 4.78 is 0. The Morgan fingerprint density at radius 3 is 2.50 bits per heavy atom.